The van der Waals surface area contributed by atoms with Crippen molar-refractivity contribution >= 4 is 17.3 Å². The van der Waals surface area contributed by atoms with Crippen LogP contribution in [0.5, 0.6) is 0 Å². The molecule has 112 valence electrons. The summed E-state index contributed by atoms with van der Waals surface area (Å²) < 4.78 is 38.2. The summed E-state index contributed by atoms with van der Waals surface area (Å²) in [6.07, 6.45) is -4.40. The first kappa shape index (κ1) is 15.7. The standard InChI is InChI=1S/C16H15ClF3N/c1-10-4-3-5-12(11(10)2)9-21-15-7-13(16(18,19)20)6-14(17)8-15/h3-8,21H,9H2,1-2H3. The summed E-state index contributed by atoms with van der Waals surface area (Å²) in [5.74, 6) is 0. The summed E-state index contributed by atoms with van der Waals surface area (Å²) in [6.45, 7) is 4.44. The first-order valence-corrected chi connectivity index (χ1v) is 6.82. The number of anilines is 1. The van der Waals surface area contributed by atoms with Gasteiger partial charge in [-0.05, 0) is 48.7 Å². The summed E-state index contributed by atoms with van der Waals surface area (Å²) >= 11 is 5.75. The Morgan fingerprint density at radius 2 is 1.81 bits per heavy atom. The minimum absolute atomic E-state index is 0.0632. The van der Waals surface area contributed by atoms with E-state index in [1.807, 2.05) is 32.0 Å². The summed E-state index contributed by atoms with van der Waals surface area (Å²) in [6, 6.07) is 9.35. The number of hydrogen-bond acceptors (Lipinski definition) is 1. The lowest BCUT2D eigenvalue weighted by molar-refractivity contribution is -0.137. The largest absolute Gasteiger partial charge is 0.416 e. The van der Waals surface area contributed by atoms with E-state index in [2.05, 4.69) is 5.32 Å². The molecule has 2 aromatic rings. The van der Waals surface area contributed by atoms with Gasteiger partial charge in [0.2, 0.25) is 0 Å². The lowest BCUT2D eigenvalue weighted by Gasteiger charge is -2.13. The van der Waals surface area contributed by atoms with Crippen LogP contribution in [0.25, 0.3) is 0 Å². The van der Waals surface area contributed by atoms with Crippen LogP contribution in [-0.2, 0) is 12.7 Å². The number of nitrogens with one attached hydrogen (secondary N) is 1. The maximum Gasteiger partial charge on any atom is 0.416 e. The quantitative estimate of drug-likeness (QED) is 0.779. The van der Waals surface area contributed by atoms with Crippen molar-refractivity contribution in [3.05, 3.63) is 63.7 Å². The molecular formula is C16H15ClF3N. The van der Waals surface area contributed by atoms with Crippen LogP contribution in [-0.4, -0.2) is 0 Å². The third-order valence-electron chi connectivity index (χ3n) is 3.42. The van der Waals surface area contributed by atoms with Gasteiger partial charge in [-0.1, -0.05) is 29.8 Å². The molecule has 0 unspecified atom stereocenters. The highest BCUT2D eigenvalue weighted by molar-refractivity contribution is 6.30. The Kier molecular flexibility index (Phi) is 4.47. The van der Waals surface area contributed by atoms with Gasteiger partial charge in [-0.25, -0.2) is 0 Å². The number of alkyl halides is 3. The van der Waals surface area contributed by atoms with Crippen LogP contribution in [0.4, 0.5) is 18.9 Å². The van der Waals surface area contributed by atoms with E-state index in [0.717, 1.165) is 28.8 Å². The molecule has 0 aliphatic rings. The Morgan fingerprint density at radius 3 is 2.48 bits per heavy atom. The van der Waals surface area contributed by atoms with E-state index in [1.165, 1.54) is 6.07 Å². The number of rotatable bonds is 3. The van der Waals surface area contributed by atoms with Crippen LogP contribution in [0.2, 0.25) is 5.02 Å². The normalized spacial score (nSPS) is 11.5. The van der Waals surface area contributed by atoms with E-state index in [4.69, 9.17) is 11.6 Å². The van der Waals surface area contributed by atoms with E-state index >= 15 is 0 Å². The Labute approximate surface area is 126 Å². The molecule has 0 radical (unpaired) electrons. The van der Waals surface area contributed by atoms with Gasteiger partial charge in [0.1, 0.15) is 0 Å². The van der Waals surface area contributed by atoms with E-state index in [1.54, 1.807) is 0 Å². The van der Waals surface area contributed by atoms with E-state index in [-0.39, 0.29) is 5.02 Å². The predicted molar refractivity (Wildman–Crippen MR) is 79.7 cm³/mol. The third-order valence-corrected chi connectivity index (χ3v) is 3.64. The summed E-state index contributed by atoms with van der Waals surface area (Å²) in [5, 5.41) is 3.06. The fraction of sp³-hybridized carbons (Fsp3) is 0.250. The molecule has 0 aliphatic heterocycles. The Bertz CT molecular complexity index is 650. The zero-order chi connectivity index (χ0) is 15.6. The molecule has 0 atom stereocenters. The fourth-order valence-corrected chi connectivity index (χ4v) is 2.29. The second kappa shape index (κ2) is 5.98. The van der Waals surface area contributed by atoms with Crippen molar-refractivity contribution in [3.8, 4) is 0 Å². The Hall–Kier alpha value is -1.68. The van der Waals surface area contributed by atoms with Crippen LogP contribution in [0.3, 0.4) is 0 Å². The molecular weight excluding hydrogens is 299 g/mol. The molecule has 2 aromatic carbocycles. The molecule has 0 fully saturated rings. The fourth-order valence-electron chi connectivity index (χ4n) is 2.06. The molecule has 0 aliphatic carbocycles. The number of hydrogen-bond donors (Lipinski definition) is 1. The molecule has 0 aromatic heterocycles. The van der Waals surface area contributed by atoms with Crippen LogP contribution in [0.15, 0.2) is 36.4 Å². The topological polar surface area (TPSA) is 12.0 Å². The van der Waals surface area contributed by atoms with Crippen molar-refractivity contribution in [2.45, 2.75) is 26.6 Å². The van der Waals surface area contributed by atoms with Gasteiger partial charge in [0.05, 0.1) is 5.56 Å². The highest BCUT2D eigenvalue weighted by Crippen LogP contribution is 2.33. The second-order valence-corrected chi connectivity index (χ2v) is 5.38. The van der Waals surface area contributed by atoms with Crippen LogP contribution in [0.1, 0.15) is 22.3 Å². The zero-order valence-corrected chi connectivity index (χ0v) is 12.4. The van der Waals surface area contributed by atoms with Crippen LogP contribution in [0, 0.1) is 13.8 Å². The first-order valence-electron chi connectivity index (χ1n) is 6.44. The Morgan fingerprint density at radius 1 is 1.10 bits per heavy atom. The van der Waals surface area contributed by atoms with Crippen molar-refractivity contribution in [3.63, 3.8) is 0 Å². The molecule has 0 saturated heterocycles. The smallest absolute Gasteiger partial charge is 0.381 e. The van der Waals surface area contributed by atoms with Crippen molar-refractivity contribution < 1.29 is 13.2 Å². The molecule has 0 bridgehead atoms. The maximum absolute atomic E-state index is 12.7. The predicted octanol–water partition coefficient (Wildman–Crippen LogP) is 5.59. The van der Waals surface area contributed by atoms with Crippen molar-refractivity contribution in [1.29, 1.82) is 0 Å². The maximum atomic E-state index is 12.7. The number of benzene rings is 2. The van der Waals surface area contributed by atoms with E-state index < -0.39 is 11.7 Å². The average molecular weight is 314 g/mol. The SMILES string of the molecule is Cc1cccc(CNc2cc(Cl)cc(C(F)(F)F)c2)c1C. The van der Waals surface area contributed by atoms with Gasteiger partial charge >= 0.3 is 6.18 Å². The average Bonchev–Trinajstić information content (AvgIpc) is 2.39. The van der Waals surface area contributed by atoms with Crippen LogP contribution >= 0.6 is 11.6 Å². The second-order valence-electron chi connectivity index (χ2n) is 4.94. The Balaban J connectivity index is 2.21. The molecule has 0 spiro atoms. The van der Waals surface area contributed by atoms with Crippen LogP contribution < -0.4 is 5.32 Å². The van der Waals surface area contributed by atoms with Gasteiger partial charge in [0.25, 0.3) is 0 Å². The highest BCUT2D eigenvalue weighted by Gasteiger charge is 2.31. The molecule has 0 amide bonds. The van der Waals surface area contributed by atoms with E-state index in [9.17, 15) is 13.2 Å². The van der Waals surface area contributed by atoms with Gasteiger partial charge in [0.15, 0.2) is 0 Å². The first-order chi connectivity index (χ1) is 9.77. The van der Waals surface area contributed by atoms with Gasteiger partial charge in [-0.15, -0.1) is 0 Å². The van der Waals surface area contributed by atoms with Crippen molar-refractivity contribution in [2.24, 2.45) is 0 Å². The summed E-state index contributed by atoms with van der Waals surface area (Å²) in [7, 11) is 0. The highest BCUT2D eigenvalue weighted by atomic mass is 35.5. The molecule has 0 saturated carbocycles. The van der Waals surface area contributed by atoms with Crippen molar-refractivity contribution in [2.75, 3.05) is 5.32 Å². The minimum atomic E-state index is -4.40. The third kappa shape index (κ3) is 3.91. The minimum Gasteiger partial charge on any atom is -0.381 e. The van der Waals surface area contributed by atoms with Gasteiger partial charge < -0.3 is 5.32 Å². The van der Waals surface area contributed by atoms with Gasteiger partial charge in [-0.2, -0.15) is 13.2 Å². The molecule has 1 N–H and O–H groups in total. The van der Waals surface area contributed by atoms with Crippen molar-refractivity contribution in [1.82, 2.24) is 0 Å². The molecule has 2 rings (SSSR count). The molecule has 1 nitrogen and oxygen atoms in total. The molecule has 21 heavy (non-hydrogen) atoms. The monoisotopic (exact) mass is 313 g/mol. The number of halogens is 4. The van der Waals surface area contributed by atoms with Gasteiger partial charge in [-0.3, -0.25) is 0 Å². The summed E-state index contributed by atoms with van der Waals surface area (Å²) in [5.41, 5.74) is 2.93. The van der Waals surface area contributed by atoms with E-state index in [0.29, 0.717) is 12.2 Å². The lowest BCUT2D eigenvalue weighted by Crippen LogP contribution is -2.07. The van der Waals surface area contributed by atoms with Gasteiger partial charge in [0, 0.05) is 17.3 Å². The molecule has 0 heterocycles. The molecule has 5 heteroatoms. The zero-order valence-electron chi connectivity index (χ0n) is 11.7. The lowest BCUT2D eigenvalue weighted by atomic mass is 10.0. The number of aryl methyl sites for hydroxylation is 1. The summed E-state index contributed by atoms with van der Waals surface area (Å²) in [4.78, 5) is 0.